The van der Waals surface area contributed by atoms with Gasteiger partial charge in [0.25, 0.3) is 0 Å². The molecule has 3 N–H and O–H groups in total. The summed E-state index contributed by atoms with van der Waals surface area (Å²) in [6, 6.07) is -0.546. The number of esters is 1. The van der Waals surface area contributed by atoms with Crippen LogP contribution in [-0.2, 0) is 14.3 Å². The molecule has 0 fully saturated rings. The van der Waals surface area contributed by atoms with E-state index in [2.05, 4.69) is 43.5 Å². The average Bonchev–Trinajstić information content (AvgIpc) is 3.41. The molecule has 0 aliphatic rings. The highest BCUT2D eigenvalue weighted by molar-refractivity contribution is 5.76. The second-order valence-electron chi connectivity index (χ2n) is 23.5. The molecule has 0 rings (SSSR count). The number of amides is 1. The quantitative estimate of drug-likeness (QED) is 0.0320. The van der Waals surface area contributed by atoms with Crippen LogP contribution in [0, 0.1) is 0 Å². The molecule has 0 aromatic heterocycles. The molecule has 0 bridgehead atoms. The zero-order valence-corrected chi connectivity index (χ0v) is 50.8. The van der Waals surface area contributed by atoms with E-state index in [9.17, 15) is 19.8 Å². The summed E-state index contributed by atoms with van der Waals surface area (Å²) in [5, 5.41) is 23.4. The Kier molecular flexibility index (Phi) is 63.4. The SMILES string of the molecule is CCCCC/C=C\C/C=C\CCCCCCCCCCCC(=O)OCCCCCCCCCCCCCCCCCCCCC(=O)NC(CO)C(O)CCCCCCCCCCCCCCCCCCCCCCC. The van der Waals surface area contributed by atoms with Crippen LogP contribution in [0.25, 0.3) is 0 Å². The fraction of sp³-hybridized carbons (Fsp3) is 0.913. The van der Waals surface area contributed by atoms with Crippen LogP contribution >= 0.6 is 0 Å². The fourth-order valence-electron chi connectivity index (χ4n) is 10.8. The largest absolute Gasteiger partial charge is 0.466 e. The van der Waals surface area contributed by atoms with Gasteiger partial charge in [-0.25, -0.2) is 0 Å². The number of hydrogen-bond donors (Lipinski definition) is 3. The third-order valence-electron chi connectivity index (χ3n) is 16.0. The van der Waals surface area contributed by atoms with Crippen molar-refractivity contribution in [1.29, 1.82) is 0 Å². The zero-order valence-electron chi connectivity index (χ0n) is 50.8. The van der Waals surface area contributed by atoms with E-state index < -0.39 is 12.1 Å². The number of aliphatic hydroxyl groups is 2. The van der Waals surface area contributed by atoms with Gasteiger partial charge in [0.15, 0.2) is 0 Å². The number of aliphatic hydroxyl groups excluding tert-OH is 2. The third-order valence-corrected chi connectivity index (χ3v) is 16.0. The van der Waals surface area contributed by atoms with Crippen molar-refractivity contribution in [2.75, 3.05) is 13.2 Å². The number of carbonyl (C=O) groups excluding carboxylic acids is 2. The van der Waals surface area contributed by atoms with E-state index in [0.29, 0.717) is 25.9 Å². The normalized spacial score (nSPS) is 12.6. The summed E-state index contributed by atoms with van der Waals surface area (Å²) in [5.41, 5.74) is 0. The van der Waals surface area contributed by atoms with Crippen LogP contribution in [0.4, 0.5) is 0 Å². The van der Waals surface area contributed by atoms with Crippen LogP contribution in [0.1, 0.15) is 380 Å². The van der Waals surface area contributed by atoms with Crippen molar-refractivity contribution < 1.29 is 24.5 Å². The Labute approximate surface area is 469 Å². The molecule has 75 heavy (non-hydrogen) atoms. The molecule has 0 aliphatic heterocycles. The first kappa shape index (κ1) is 73.3. The Morgan fingerprint density at radius 1 is 0.373 bits per heavy atom. The van der Waals surface area contributed by atoms with Crippen molar-refractivity contribution in [3.05, 3.63) is 24.3 Å². The maximum absolute atomic E-state index is 12.5. The molecule has 0 aliphatic carbocycles. The fourth-order valence-corrected chi connectivity index (χ4v) is 10.8. The molecule has 0 aromatic carbocycles. The van der Waals surface area contributed by atoms with E-state index in [0.717, 1.165) is 51.4 Å². The van der Waals surface area contributed by atoms with Crippen LogP contribution in [0.3, 0.4) is 0 Å². The van der Waals surface area contributed by atoms with E-state index in [1.54, 1.807) is 0 Å². The Bertz CT molecular complexity index is 1170. The van der Waals surface area contributed by atoms with Gasteiger partial charge in [-0.1, -0.05) is 334 Å². The van der Waals surface area contributed by atoms with Crippen LogP contribution in [0.5, 0.6) is 0 Å². The van der Waals surface area contributed by atoms with Crippen LogP contribution in [-0.4, -0.2) is 47.4 Å². The van der Waals surface area contributed by atoms with Crippen LogP contribution in [0.15, 0.2) is 24.3 Å². The summed E-state index contributed by atoms with van der Waals surface area (Å²) in [4.78, 5) is 24.7. The molecule has 444 valence electrons. The Hall–Kier alpha value is -1.66. The first-order chi connectivity index (χ1) is 37.0. The highest BCUT2D eigenvalue weighted by atomic mass is 16.5. The van der Waals surface area contributed by atoms with Gasteiger partial charge in [-0.15, -0.1) is 0 Å². The summed E-state index contributed by atoms with van der Waals surface area (Å²) in [7, 11) is 0. The highest BCUT2D eigenvalue weighted by Crippen LogP contribution is 2.19. The molecule has 1 amide bonds. The molecule has 2 atom stereocenters. The lowest BCUT2D eigenvalue weighted by molar-refractivity contribution is -0.143. The van der Waals surface area contributed by atoms with Gasteiger partial charge < -0.3 is 20.3 Å². The summed E-state index contributed by atoms with van der Waals surface area (Å²) < 4.78 is 5.50. The van der Waals surface area contributed by atoms with E-state index in [4.69, 9.17) is 4.74 Å². The van der Waals surface area contributed by atoms with Crippen molar-refractivity contribution in [3.63, 3.8) is 0 Å². The van der Waals surface area contributed by atoms with Crippen molar-refractivity contribution >= 4 is 11.9 Å². The van der Waals surface area contributed by atoms with E-state index in [-0.39, 0.29) is 18.5 Å². The van der Waals surface area contributed by atoms with E-state index >= 15 is 0 Å². The molecule has 0 saturated carbocycles. The number of carbonyl (C=O) groups is 2. The minimum Gasteiger partial charge on any atom is -0.466 e. The van der Waals surface area contributed by atoms with Gasteiger partial charge >= 0.3 is 5.97 Å². The number of rotatable bonds is 64. The number of hydrogen-bond acceptors (Lipinski definition) is 5. The molecule has 6 nitrogen and oxygen atoms in total. The molecule has 0 aromatic rings. The smallest absolute Gasteiger partial charge is 0.305 e. The second kappa shape index (κ2) is 64.9. The molecule has 6 heteroatoms. The molecule has 0 spiro atoms. The second-order valence-corrected chi connectivity index (χ2v) is 23.5. The average molecular weight is 1060 g/mol. The van der Waals surface area contributed by atoms with Gasteiger partial charge in [-0.05, 0) is 57.8 Å². The zero-order chi connectivity index (χ0) is 54.3. The van der Waals surface area contributed by atoms with Crippen LogP contribution < -0.4 is 5.32 Å². The van der Waals surface area contributed by atoms with Gasteiger partial charge in [-0.2, -0.15) is 0 Å². The molecule has 0 saturated heterocycles. The van der Waals surface area contributed by atoms with Crippen molar-refractivity contribution in [1.82, 2.24) is 5.32 Å². The monoisotopic (exact) mass is 1060 g/mol. The predicted octanol–water partition coefficient (Wildman–Crippen LogP) is 21.8. The molecule has 2 unspecified atom stereocenters. The molecular formula is C69H133NO5. The molecule has 0 heterocycles. The summed E-state index contributed by atoms with van der Waals surface area (Å²) in [5.74, 6) is -0.0303. The standard InChI is InChI=1S/C69H133NO5/c1-3-5-7-9-11-13-15-17-19-21-23-24-26-29-33-37-41-45-49-53-57-61-67(72)66(65-71)70-68(73)62-58-54-50-46-42-38-34-30-27-28-32-36-40-44-48-52-56-60-64-75-69(74)63-59-55-51-47-43-39-35-31-25-22-20-18-16-14-12-10-8-6-4-2/h12,14,18,20,66-67,71-72H,3-11,13,15-17,19,21-65H2,1-2H3,(H,70,73)/b14-12-,20-18-. The Morgan fingerprint density at radius 3 is 1.04 bits per heavy atom. The van der Waals surface area contributed by atoms with Gasteiger partial charge in [0.2, 0.25) is 5.91 Å². The number of ether oxygens (including phenoxy) is 1. The highest BCUT2D eigenvalue weighted by Gasteiger charge is 2.20. The number of allylic oxidation sites excluding steroid dienone is 4. The lowest BCUT2D eigenvalue weighted by Crippen LogP contribution is -2.45. The third kappa shape index (κ3) is 61.4. The minimum absolute atomic E-state index is 0.00467. The topological polar surface area (TPSA) is 95.9 Å². The van der Waals surface area contributed by atoms with E-state index in [1.807, 2.05) is 0 Å². The molecular weight excluding hydrogens is 923 g/mol. The lowest BCUT2D eigenvalue weighted by Gasteiger charge is -2.22. The van der Waals surface area contributed by atoms with Crippen molar-refractivity contribution in [3.8, 4) is 0 Å². The maximum atomic E-state index is 12.5. The van der Waals surface area contributed by atoms with Gasteiger partial charge in [0.05, 0.1) is 25.4 Å². The van der Waals surface area contributed by atoms with Crippen molar-refractivity contribution in [2.45, 2.75) is 392 Å². The van der Waals surface area contributed by atoms with Gasteiger partial charge in [0, 0.05) is 12.8 Å². The first-order valence-corrected chi connectivity index (χ1v) is 34.1. The maximum Gasteiger partial charge on any atom is 0.305 e. The summed E-state index contributed by atoms with van der Waals surface area (Å²) in [6.07, 6.45) is 80.6. The Balaban J connectivity index is 3.39. The summed E-state index contributed by atoms with van der Waals surface area (Å²) >= 11 is 0. The lowest BCUT2D eigenvalue weighted by atomic mass is 10.0. The number of unbranched alkanes of at least 4 members (excludes halogenated alkanes) is 49. The van der Waals surface area contributed by atoms with E-state index in [1.165, 1.54) is 295 Å². The molecule has 0 radical (unpaired) electrons. The number of nitrogens with one attached hydrogen (secondary N) is 1. The van der Waals surface area contributed by atoms with Gasteiger partial charge in [-0.3, -0.25) is 9.59 Å². The van der Waals surface area contributed by atoms with Gasteiger partial charge in [0.1, 0.15) is 0 Å². The van der Waals surface area contributed by atoms with Crippen LogP contribution in [0.2, 0.25) is 0 Å². The summed E-state index contributed by atoms with van der Waals surface area (Å²) in [6.45, 7) is 4.95. The van der Waals surface area contributed by atoms with Crippen molar-refractivity contribution in [2.24, 2.45) is 0 Å². The Morgan fingerprint density at radius 2 is 0.667 bits per heavy atom. The predicted molar refractivity (Wildman–Crippen MR) is 329 cm³/mol. The first-order valence-electron chi connectivity index (χ1n) is 34.1. The minimum atomic E-state index is -0.668.